The van der Waals surface area contributed by atoms with Gasteiger partial charge in [0.2, 0.25) is 0 Å². The lowest BCUT2D eigenvalue weighted by atomic mass is 10.1. The monoisotopic (exact) mass is 246 g/mol. The molecule has 0 bridgehead atoms. The normalized spacial score (nSPS) is 12.4. The first-order valence-electron chi connectivity index (χ1n) is 5.63. The number of rotatable bonds is 4. The largest absolute Gasteiger partial charge is 0.306 e. The van der Waals surface area contributed by atoms with Crippen LogP contribution in [0.15, 0.2) is 48.8 Å². The maximum atomic E-state index is 5.97. The molecule has 0 amide bonds. The highest BCUT2D eigenvalue weighted by Gasteiger charge is 2.04. The molecule has 0 saturated heterocycles. The van der Waals surface area contributed by atoms with Gasteiger partial charge in [-0.15, -0.1) is 0 Å². The Labute approximate surface area is 107 Å². The minimum Gasteiger partial charge on any atom is -0.306 e. The Hall–Kier alpha value is -1.38. The lowest BCUT2D eigenvalue weighted by Crippen LogP contribution is -2.17. The first-order chi connectivity index (χ1) is 8.25. The zero-order chi connectivity index (χ0) is 12.1. The number of nitrogens with zero attached hydrogens (tertiary/aromatic N) is 1. The summed E-state index contributed by atoms with van der Waals surface area (Å²) in [5, 5.41) is 4.23. The van der Waals surface area contributed by atoms with Gasteiger partial charge in [0.15, 0.2) is 0 Å². The molecule has 0 aliphatic rings. The second-order valence-corrected chi connectivity index (χ2v) is 4.45. The van der Waals surface area contributed by atoms with Gasteiger partial charge in [-0.1, -0.05) is 23.7 Å². The highest BCUT2D eigenvalue weighted by Crippen LogP contribution is 2.17. The number of hydrogen-bond donors (Lipinski definition) is 1. The second-order valence-electron chi connectivity index (χ2n) is 4.01. The Morgan fingerprint density at radius 3 is 2.71 bits per heavy atom. The minimum absolute atomic E-state index is 0.280. The number of pyridine rings is 1. The van der Waals surface area contributed by atoms with Crippen molar-refractivity contribution in [1.82, 2.24) is 10.3 Å². The Bertz CT molecular complexity index is 471. The Morgan fingerprint density at radius 1 is 1.24 bits per heavy atom. The van der Waals surface area contributed by atoms with Gasteiger partial charge in [-0.05, 0) is 42.3 Å². The van der Waals surface area contributed by atoms with Gasteiger partial charge in [0.05, 0.1) is 0 Å². The predicted molar refractivity (Wildman–Crippen MR) is 70.9 cm³/mol. The van der Waals surface area contributed by atoms with Crippen molar-refractivity contribution < 1.29 is 0 Å². The van der Waals surface area contributed by atoms with Crippen molar-refractivity contribution in [3.8, 4) is 0 Å². The number of nitrogens with one attached hydrogen (secondary N) is 1. The van der Waals surface area contributed by atoms with Crippen LogP contribution in [0.2, 0.25) is 5.02 Å². The molecular weight excluding hydrogens is 232 g/mol. The third kappa shape index (κ3) is 3.55. The van der Waals surface area contributed by atoms with Gasteiger partial charge in [0.25, 0.3) is 0 Å². The summed E-state index contributed by atoms with van der Waals surface area (Å²) >= 11 is 5.97. The van der Waals surface area contributed by atoms with Crippen molar-refractivity contribution in [3.05, 3.63) is 64.9 Å². The third-order valence-electron chi connectivity index (χ3n) is 2.71. The Balaban J connectivity index is 1.96. The molecule has 0 fully saturated rings. The molecule has 1 heterocycles. The van der Waals surface area contributed by atoms with E-state index in [4.69, 9.17) is 11.6 Å². The van der Waals surface area contributed by atoms with Crippen LogP contribution < -0.4 is 5.32 Å². The van der Waals surface area contributed by atoms with Gasteiger partial charge in [-0.25, -0.2) is 0 Å². The summed E-state index contributed by atoms with van der Waals surface area (Å²) in [5.41, 5.74) is 2.43. The fourth-order valence-corrected chi connectivity index (χ4v) is 1.86. The van der Waals surface area contributed by atoms with Crippen LogP contribution in [-0.2, 0) is 6.54 Å². The minimum atomic E-state index is 0.280. The van der Waals surface area contributed by atoms with Gasteiger partial charge in [-0.2, -0.15) is 0 Å². The van der Waals surface area contributed by atoms with Crippen molar-refractivity contribution in [2.75, 3.05) is 0 Å². The maximum Gasteiger partial charge on any atom is 0.0409 e. The highest BCUT2D eigenvalue weighted by molar-refractivity contribution is 6.30. The summed E-state index contributed by atoms with van der Waals surface area (Å²) in [6.07, 6.45) is 3.61. The molecule has 17 heavy (non-hydrogen) atoms. The Kier molecular flexibility index (Phi) is 4.13. The molecule has 0 radical (unpaired) electrons. The molecule has 0 saturated carbocycles. The Morgan fingerprint density at radius 2 is 2.00 bits per heavy atom. The average Bonchev–Trinajstić information content (AvgIpc) is 2.37. The zero-order valence-corrected chi connectivity index (χ0v) is 10.5. The van der Waals surface area contributed by atoms with Crippen LogP contribution in [0.25, 0.3) is 0 Å². The molecule has 0 aliphatic heterocycles. The van der Waals surface area contributed by atoms with Crippen LogP contribution in [-0.4, -0.2) is 4.98 Å². The van der Waals surface area contributed by atoms with Gasteiger partial charge in [-0.3, -0.25) is 4.98 Å². The van der Waals surface area contributed by atoms with E-state index in [2.05, 4.69) is 23.3 Å². The van der Waals surface area contributed by atoms with Gasteiger partial charge < -0.3 is 5.32 Å². The summed E-state index contributed by atoms with van der Waals surface area (Å²) < 4.78 is 0. The third-order valence-corrected chi connectivity index (χ3v) is 2.95. The summed E-state index contributed by atoms with van der Waals surface area (Å²) in [5.74, 6) is 0. The molecule has 2 nitrogen and oxygen atoms in total. The van der Waals surface area contributed by atoms with Gasteiger partial charge in [0.1, 0.15) is 0 Å². The fourth-order valence-electron chi connectivity index (χ4n) is 1.67. The lowest BCUT2D eigenvalue weighted by Gasteiger charge is -2.14. The fraction of sp³-hybridized carbons (Fsp3) is 0.214. The van der Waals surface area contributed by atoms with Crippen molar-refractivity contribution in [3.63, 3.8) is 0 Å². The van der Waals surface area contributed by atoms with Crippen molar-refractivity contribution in [2.24, 2.45) is 0 Å². The zero-order valence-electron chi connectivity index (χ0n) is 9.73. The first-order valence-corrected chi connectivity index (χ1v) is 6.01. The van der Waals surface area contributed by atoms with Crippen LogP contribution in [0.3, 0.4) is 0 Å². The molecule has 1 aromatic heterocycles. The predicted octanol–water partition coefficient (Wildman–Crippen LogP) is 3.59. The highest BCUT2D eigenvalue weighted by atomic mass is 35.5. The number of aromatic nitrogens is 1. The van der Waals surface area contributed by atoms with E-state index in [1.165, 1.54) is 11.1 Å². The molecule has 0 spiro atoms. The van der Waals surface area contributed by atoms with Crippen LogP contribution in [0.5, 0.6) is 0 Å². The van der Waals surface area contributed by atoms with E-state index < -0.39 is 0 Å². The first kappa shape index (κ1) is 12.1. The van der Waals surface area contributed by atoms with Crippen LogP contribution in [0.1, 0.15) is 24.1 Å². The number of benzene rings is 1. The van der Waals surface area contributed by atoms with E-state index in [9.17, 15) is 0 Å². The molecular formula is C14H15ClN2. The van der Waals surface area contributed by atoms with Crippen LogP contribution >= 0.6 is 11.6 Å². The van der Waals surface area contributed by atoms with E-state index in [0.717, 1.165) is 11.6 Å². The second kappa shape index (κ2) is 5.80. The summed E-state index contributed by atoms with van der Waals surface area (Å²) in [6, 6.07) is 12.2. The molecule has 2 rings (SSSR count). The molecule has 88 valence electrons. The molecule has 1 atom stereocenters. The molecule has 0 unspecified atom stereocenters. The van der Waals surface area contributed by atoms with Crippen molar-refractivity contribution in [1.29, 1.82) is 0 Å². The average molecular weight is 247 g/mol. The van der Waals surface area contributed by atoms with E-state index in [1.54, 1.807) is 12.4 Å². The molecule has 1 N–H and O–H groups in total. The molecule has 2 aromatic rings. The lowest BCUT2D eigenvalue weighted by molar-refractivity contribution is 0.574. The molecule has 1 aromatic carbocycles. The summed E-state index contributed by atoms with van der Waals surface area (Å²) in [6.45, 7) is 2.96. The van der Waals surface area contributed by atoms with E-state index in [0.29, 0.717) is 0 Å². The standard InChI is InChI=1S/C14H15ClN2/c1-11(13-3-2-4-14(15)9-13)17-10-12-5-7-16-8-6-12/h2-9,11,17H,10H2,1H3/t11-/m0/s1. The van der Waals surface area contributed by atoms with Crippen LogP contribution in [0, 0.1) is 0 Å². The van der Waals surface area contributed by atoms with E-state index >= 15 is 0 Å². The van der Waals surface area contributed by atoms with Gasteiger partial charge in [0, 0.05) is 30.0 Å². The van der Waals surface area contributed by atoms with Gasteiger partial charge >= 0.3 is 0 Å². The quantitative estimate of drug-likeness (QED) is 0.892. The van der Waals surface area contributed by atoms with Crippen LogP contribution in [0.4, 0.5) is 0 Å². The van der Waals surface area contributed by atoms with E-state index in [1.807, 2.05) is 30.3 Å². The topological polar surface area (TPSA) is 24.9 Å². The number of hydrogen-bond acceptors (Lipinski definition) is 2. The van der Waals surface area contributed by atoms with Crippen molar-refractivity contribution >= 4 is 11.6 Å². The summed E-state index contributed by atoms with van der Waals surface area (Å²) in [7, 11) is 0. The number of halogens is 1. The summed E-state index contributed by atoms with van der Waals surface area (Å²) in [4.78, 5) is 4.00. The van der Waals surface area contributed by atoms with Crippen molar-refractivity contribution in [2.45, 2.75) is 19.5 Å². The maximum absolute atomic E-state index is 5.97. The molecule has 0 aliphatic carbocycles. The molecule has 3 heteroatoms. The van der Waals surface area contributed by atoms with E-state index in [-0.39, 0.29) is 6.04 Å². The smallest absolute Gasteiger partial charge is 0.0409 e. The SMILES string of the molecule is C[C@H](NCc1ccncc1)c1cccc(Cl)c1.